The van der Waals surface area contributed by atoms with Crippen LogP contribution in [0.25, 0.3) is 11.0 Å². The highest BCUT2D eigenvalue weighted by molar-refractivity contribution is 5.77. The number of halogens is 3. The number of imidazole rings is 1. The van der Waals surface area contributed by atoms with Gasteiger partial charge < -0.3 is 15.2 Å². The number of hydrogen-bond donors (Lipinski definition) is 1. The molecule has 0 spiro atoms. The van der Waals surface area contributed by atoms with Gasteiger partial charge in [-0.1, -0.05) is 13.8 Å². The van der Waals surface area contributed by atoms with Crippen LogP contribution in [0.1, 0.15) is 25.2 Å². The van der Waals surface area contributed by atoms with Gasteiger partial charge in [0.25, 0.3) is 0 Å². The van der Waals surface area contributed by atoms with E-state index in [4.69, 9.17) is 5.73 Å². The monoisotopic (exact) mass is 328 g/mol. The summed E-state index contributed by atoms with van der Waals surface area (Å²) in [6.07, 6.45) is -3.80. The van der Waals surface area contributed by atoms with Gasteiger partial charge in [0.15, 0.2) is 0 Å². The van der Waals surface area contributed by atoms with E-state index in [2.05, 4.69) is 23.7 Å². The first-order chi connectivity index (χ1) is 10.9. The number of aromatic nitrogens is 2. The number of likely N-dealkylation sites (N-methyl/N-ethyl adjacent to an activating group) is 1. The third kappa shape index (κ3) is 4.03. The smallest absolute Gasteiger partial charge is 0.330 e. The summed E-state index contributed by atoms with van der Waals surface area (Å²) in [7, 11) is 0. The number of hydrogen-bond acceptors (Lipinski definition) is 3. The fourth-order valence-corrected chi connectivity index (χ4v) is 2.71. The van der Waals surface area contributed by atoms with Crippen LogP contribution in [-0.4, -0.2) is 40.6 Å². The highest BCUT2D eigenvalue weighted by atomic mass is 19.4. The second-order valence-electron chi connectivity index (χ2n) is 5.45. The van der Waals surface area contributed by atoms with Crippen LogP contribution in [0.5, 0.6) is 0 Å². The first kappa shape index (κ1) is 17.7. The largest absolute Gasteiger partial charge is 0.416 e. The van der Waals surface area contributed by atoms with Gasteiger partial charge in [-0.2, -0.15) is 13.2 Å². The van der Waals surface area contributed by atoms with Crippen molar-refractivity contribution in [2.45, 2.75) is 33.0 Å². The molecule has 0 saturated carbocycles. The van der Waals surface area contributed by atoms with Crippen LogP contribution >= 0.6 is 0 Å². The Morgan fingerprint density at radius 1 is 1.22 bits per heavy atom. The highest BCUT2D eigenvalue weighted by Gasteiger charge is 2.31. The van der Waals surface area contributed by atoms with Gasteiger partial charge in [0.1, 0.15) is 5.82 Å². The third-order valence-corrected chi connectivity index (χ3v) is 4.06. The van der Waals surface area contributed by atoms with Gasteiger partial charge in [-0.15, -0.1) is 0 Å². The van der Waals surface area contributed by atoms with Crippen molar-refractivity contribution < 1.29 is 13.2 Å². The third-order valence-electron chi connectivity index (χ3n) is 4.06. The first-order valence-corrected chi connectivity index (χ1v) is 7.89. The molecule has 128 valence electrons. The van der Waals surface area contributed by atoms with Crippen molar-refractivity contribution in [2.24, 2.45) is 5.73 Å². The van der Waals surface area contributed by atoms with Gasteiger partial charge in [0, 0.05) is 19.5 Å². The van der Waals surface area contributed by atoms with E-state index < -0.39 is 11.7 Å². The van der Waals surface area contributed by atoms with E-state index in [9.17, 15) is 13.2 Å². The molecule has 0 unspecified atom stereocenters. The van der Waals surface area contributed by atoms with Crippen molar-refractivity contribution in [2.75, 3.05) is 26.2 Å². The van der Waals surface area contributed by atoms with Gasteiger partial charge in [0.2, 0.25) is 0 Å². The maximum absolute atomic E-state index is 12.9. The average molecular weight is 328 g/mol. The molecule has 7 heteroatoms. The van der Waals surface area contributed by atoms with Crippen molar-refractivity contribution in [3.8, 4) is 0 Å². The van der Waals surface area contributed by atoms with Crippen LogP contribution in [0.4, 0.5) is 13.2 Å². The predicted octanol–water partition coefficient (Wildman–Crippen LogP) is 2.90. The summed E-state index contributed by atoms with van der Waals surface area (Å²) in [5.41, 5.74) is 6.05. The molecule has 1 aromatic carbocycles. The quantitative estimate of drug-likeness (QED) is 0.850. The highest BCUT2D eigenvalue weighted by Crippen LogP contribution is 2.31. The molecule has 23 heavy (non-hydrogen) atoms. The molecule has 4 nitrogen and oxygen atoms in total. The minimum absolute atomic E-state index is 0.378. The Kier molecular flexibility index (Phi) is 5.64. The number of benzene rings is 1. The van der Waals surface area contributed by atoms with Gasteiger partial charge in [-0.3, -0.25) is 0 Å². The molecule has 0 atom stereocenters. The molecular formula is C16H23F3N4. The predicted molar refractivity (Wildman–Crippen MR) is 85.3 cm³/mol. The average Bonchev–Trinajstić information content (AvgIpc) is 2.84. The summed E-state index contributed by atoms with van der Waals surface area (Å²) in [6, 6.07) is 3.74. The van der Waals surface area contributed by atoms with Crippen molar-refractivity contribution >= 4 is 11.0 Å². The molecule has 0 amide bonds. The molecule has 0 saturated heterocycles. The summed E-state index contributed by atoms with van der Waals surface area (Å²) in [6.45, 7) is 8.00. The molecule has 1 heterocycles. The van der Waals surface area contributed by atoms with Crippen molar-refractivity contribution in [3.63, 3.8) is 0 Å². The van der Waals surface area contributed by atoms with Gasteiger partial charge >= 0.3 is 6.18 Å². The molecule has 2 rings (SSSR count). The number of nitrogens with zero attached hydrogens (tertiary/aromatic N) is 3. The second kappa shape index (κ2) is 7.31. The lowest BCUT2D eigenvalue weighted by molar-refractivity contribution is -0.137. The molecule has 0 fully saturated rings. The van der Waals surface area contributed by atoms with E-state index in [1.54, 1.807) is 0 Å². The van der Waals surface area contributed by atoms with Crippen LogP contribution in [0.2, 0.25) is 0 Å². The Morgan fingerprint density at radius 3 is 2.48 bits per heavy atom. The van der Waals surface area contributed by atoms with E-state index >= 15 is 0 Å². The van der Waals surface area contributed by atoms with E-state index in [0.29, 0.717) is 25.0 Å². The molecule has 2 N–H and O–H groups in total. The molecular weight excluding hydrogens is 305 g/mol. The van der Waals surface area contributed by atoms with Gasteiger partial charge in [-0.25, -0.2) is 4.98 Å². The van der Waals surface area contributed by atoms with Crippen LogP contribution in [-0.2, 0) is 19.1 Å². The Bertz CT molecular complexity index is 645. The van der Waals surface area contributed by atoms with E-state index in [-0.39, 0.29) is 0 Å². The summed E-state index contributed by atoms with van der Waals surface area (Å²) < 4.78 is 40.6. The molecule has 0 aliphatic carbocycles. The Balaban J connectivity index is 2.38. The SMILES string of the molecule is CCN(CC)CCn1c(CCN)nc2cc(C(F)(F)F)ccc21. The minimum Gasteiger partial charge on any atom is -0.330 e. The van der Waals surface area contributed by atoms with Gasteiger partial charge in [-0.05, 0) is 37.8 Å². The summed E-state index contributed by atoms with van der Waals surface area (Å²) >= 11 is 0. The Labute approximate surface area is 134 Å². The number of alkyl halides is 3. The zero-order valence-corrected chi connectivity index (χ0v) is 13.5. The molecule has 1 aromatic heterocycles. The van der Waals surface area contributed by atoms with Crippen molar-refractivity contribution in [3.05, 3.63) is 29.6 Å². The normalized spacial score (nSPS) is 12.5. The lowest BCUT2D eigenvalue weighted by Gasteiger charge is -2.19. The molecule has 0 radical (unpaired) electrons. The van der Waals surface area contributed by atoms with Crippen LogP contribution in [0.15, 0.2) is 18.2 Å². The summed E-state index contributed by atoms with van der Waals surface area (Å²) in [5, 5.41) is 0. The molecule has 0 aliphatic heterocycles. The zero-order chi connectivity index (χ0) is 17.0. The van der Waals surface area contributed by atoms with E-state index in [1.807, 2.05) is 4.57 Å². The van der Waals surface area contributed by atoms with Crippen LogP contribution in [0, 0.1) is 0 Å². The summed E-state index contributed by atoms with van der Waals surface area (Å²) in [4.78, 5) is 6.64. The number of fused-ring (bicyclic) bond motifs is 1. The molecule has 0 bridgehead atoms. The van der Waals surface area contributed by atoms with E-state index in [0.717, 1.165) is 43.1 Å². The fraction of sp³-hybridized carbons (Fsp3) is 0.562. The Morgan fingerprint density at radius 2 is 1.91 bits per heavy atom. The van der Waals surface area contributed by atoms with Gasteiger partial charge in [0.05, 0.1) is 16.6 Å². The lowest BCUT2D eigenvalue weighted by Crippen LogP contribution is -2.27. The standard InChI is InChI=1S/C16H23F3N4/c1-3-22(4-2)9-10-23-14-6-5-12(16(17,18)19)11-13(14)21-15(23)7-8-20/h5-6,11H,3-4,7-10,20H2,1-2H3. The minimum atomic E-state index is -4.35. The lowest BCUT2D eigenvalue weighted by atomic mass is 10.2. The second-order valence-corrected chi connectivity index (χ2v) is 5.45. The van der Waals surface area contributed by atoms with Crippen LogP contribution in [0.3, 0.4) is 0 Å². The molecule has 0 aliphatic rings. The number of nitrogens with two attached hydrogens (primary N) is 1. The first-order valence-electron chi connectivity index (χ1n) is 7.89. The Hall–Kier alpha value is -1.60. The topological polar surface area (TPSA) is 47.1 Å². The summed E-state index contributed by atoms with van der Waals surface area (Å²) in [5.74, 6) is 0.744. The van der Waals surface area contributed by atoms with Crippen molar-refractivity contribution in [1.29, 1.82) is 0 Å². The fourth-order valence-electron chi connectivity index (χ4n) is 2.71. The van der Waals surface area contributed by atoms with Crippen molar-refractivity contribution in [1.82, 2.24) is 14.5 Å². The van der Waals surface area contributed by atoms with Crippen LogP contribution < -0.4 is 5.73 Å². The molecule has 2 aromatic rings. The maximum Gasteiger partial charge on any atom is 0.416 e. The van der Waals surface area contributed by atoms with E-state index in [1.165, 1.54) is 6.07 Å². The number of rotatable bonds is 7. The zero-order valence-electron chi connectivity index (χ0n) is 13.5. The maximum atomic E-state index is 12.9.